The van der Waals surface area contributed by atoms with Crippen molar-refractivity contribution in [1.82, 2.24) is 0 Å². The summed E-state index contributed by atoms with van der Waals surface area (Å²) in [7, 11) is 0. The van der Waals surface area contributed by atoms with Crippen LogP contribution in [0.4, 0.5) is 0 Å². The Morgan fingerprint density at radius 3 is 2.69 bits per heavy atom. The van der Waals surface area contributed by atoms with E-state index in [1.54, 1.807) is 0 Å². The molecule has 0 amide bonds. The molecule has 0 aromatic heterocycles. The van der Waals surface area contributed by atoms with Crippen molar-refractivity contribution in [2.75, 3.05) is 0 Å². The van der Waals surface area contributed by atoms with Gasteiger partial charge in [-0.2, -0.15) is 0 Å². The fourth-order valence-corrected chi connectivity index (χ4v) is 2.20. The molecule has 0 bridgehead atoms. The van der Waals surface area contributed by atoms with Gasteiger partial charge in [0.2, 0.25) is 0 Å². The van der Waals surface area contributed by atoms with Gasteiger partial charge in [0.1, 0.15) is 0 Å². The monoisotopic (exact) mass is 180 g/mol. The highest BCUT2D eigenvalue weighted by molar-refractivity contribution is 4.90. The molecular weight excluding hydrogens is 156 g/mol. The van der Waals surface area contributed by atoms with Crippen molar-refractivity contribution in [2.24, 2.45) is 23.7 Å². The third kappa shape index (κ3) is 3.17. The Labute approximate surface area is 83.4 Å². The molecule has 1 aliphatic carbocycles. The van der Waals surface area contributed by atoms with Crippen LogP contribution in [0.3, 0.4) is 0 Å². The first-order chi connectivity index (χ1) is 6.19. The minimum Gasteiger partial charge on any atom is -0.103 e. The van der Waals surface area contributed by atoms with E-state index < -0.39 is 0 Å². The first-order valence-electron chi connectivity index (χ1n) is 5.81. The van der Waals surface area contributed by atoms with Gasteiger partial charge in [-0.3, -0.25) is 0 Å². The second-order valence-electron chi connectivity index (χ2n) is 4.84. The van der Waals surface area contributed by atoms with Crippen LogP contribution in [0.25, 0.3) is 0 Å². The summed E-state index contributed by atoms with van der Waals surface area (Å²) in [6.45, 7) is 10.8. The number of hydrogen-bond acceptors (Lipinski definition) is 0. The summed E-state index contributed by atoms with van der Waals surface area (Å²) in [4.78, 5) is 0. The molecule has 0 heterocycles. The van der Waals surface area contributed by atoms with E-state index in [0.29, 0.717) is 0 Å². The zero-order valence-electron chi connectivity index (χ0n) is 9.42. The third-order valence-corrected chi connectivity index (χ3v) is 3.75. The predicted octanol–water partition coefficient (Wildman–Crippen LogP) is 4.27. The largest absolute Gasteiger partial charge is 0.103 e. The standard InChI is InChI=1S/C13H24/c1-5-10(3)7-8-12-9-13(12)11(4)6-2/h5,10-13H,1,6-9H2,2-4H3. The van der Waals surface area contributed by atoms with Crippen LogP contribution in [0, 0.1) is 23.7 Å². The molecule has 0 saturated heterocycles. The highest BCUT2D eigenvalue weighted by Gasteiger charge is 2.39. The van der Waals surface area contributed by atoms with E-state index in [2.05, 4.69) is 33.4 Å². The van der Waals surface area contributed by atoms with Gasteiger partial charge in [0, 0.05) is 0 Å². The Balaban J connectivity index is 2.10. The van der Waals surface area contributed by atoms with E-state index in [9.17, 15) is 0 Å². The van der Waals surface area contributed by atoms with Crippen molar-refractivity contribution in [3.05, 3.63) is 12.7 Å². The maximum Gasteiger partial charge on any atom is -0.0265 e. The Kier molecular flexibility index (Phi) is 4.02. The summed E-state index contributed by atoms with van der Waals surface area (Å²) in [5.41, 5.74) is 0. The molecule has 0 aliphatic heterocycles. The summed E-state index contributed by atoms with van der Waals surface area (Å²) in [5, 5.41) is 0. The van der Waals surface area contributed by atoms with Gasteiger partial charge in [0.05, 0.1) is 0 Å². The van der Waals surface area contributed by atoms with E-state index in [1.807, 2.05) is 0 Å². The molecule has 0 radical (unpaired) electrons. The van der Waals surface area contributed by atoms with E-state index in [0.717, 1.165) is 23.7 Å². The Morgan fingerprint density at radius 2 is 2.15 bits per heavy atom. The topological polar surface area (TPSA) is 0 Å². The van der Waals surface area contributed by atoms with Crippen molar-refractivity contribution in [2.45, 2.75) is 46.5 Å². The second kappa shape index (κ2) is 4.83. The van der Waals surface area contributed by atoms with Gasteiger partial charge in [-0.25, -0.2) is 0 Å². The molecule has 0 nitrogen and oxygen atoms in total. The second-order valence-corrected chi connectivity index (χ2v) is 4.84. The van der Waals surface area contributed by atoms with Crippen molar-refractivity contribution in [3.63, 3.8) is 0 Å². The molecule has 4 unspecified atom stereocenters. The van der Waals surface area contributed by atoms with Crippen molar-refractivity contribution in [3.8, 4) is 0 Å². The zero-order valence-corrected chi connectivity index (χ0v) is 9.42. The summed E-state index contributed by atoms with van der Waals surface area (Å²) in [5.74, 6) is 3.79. The molecule has 0 aromatic rings. The summed E-state index contributed by atoms with van der Waals surface area (Å²) < 4.78 is 0. The van der Waals surface area contributed by atoms with Crippen LogP contribution < -0.4 is 0 Å². The lowest BCUT2D eigenvalue weighted by atomic mass is 9.98. The van der Waals surface area contributed by atoms with E-state index in [-0.39, 0.29) is 0 Å². The molecule has 0 N–H and O–H groups in total. The van der Waals surface area contributed by atoms with Gasteiger partial charge < -0.3 is 0 Å². The van der Waals surface area contributed by atoms with Crippen molar-refractivity contribution < 1.29 is 0 Å². The summed E-state index contributed by atoms with van der Waals surface area (Å²) >= 11 is 0. The number of hydrogen-bond donors (Lipinski definition) is 0. The third-order valence-electron chi connectivity index (χ3n) is 3.75. The Morgan fingerprint density at radius 1 is 1.46 bits per heavy atom. The molecule has 0 spiro atoms. The van der Waals surface area contributed by atoms with Crippen LogP contribution in [0.1, 0.15) is 46.5 Å². The highest BCUT2D eigenvalue weighted by atomic mass is 14.4. The minimum absolute atomic E-state index is 0.721. The van der Waals surface area contributed by atoms with E-state index in [4.69, 9.17) is 0 Å². The van der Waals surface area contributed by atoms with Crippen LogP contribution >= 0.6 is 0 Å². The lowest BCUT2D eigenvalue weighted by Crippen LogP contribution is -1.98. The van der Waals surface area contributed by atoms with Gasteiger partial charge in [0.25, 0.3) is 0 Å². The normalized spacial score (nSPS) is 31.0. The van der Waals surface area contributed by atoms with Gasteiger partial charge in [-0.15, -0.1) is 6.58 Å². The maximum absolute atomic E-state index is 3.83. The van der Waals surface area contributed by atoms with Crippen molar-refractivity contribution in [1.29, 1.82) is 0 Å². The van der Waals surface area contributed by atoms with E-state index in [1.165, 1.54) is 25.7 Å². The summed E-state index contributed by atoms with van der Waals surface area (Å²) in [6.07, 6.45) is 7.72. The highest BCUT2D eigenvalue weighted by Crippen LogP contribution is 2.48. The smallest absolute Gasteiger partial charge is 0.0265 e. The molecule has 13 heavy (non-hydrogen) atoms. The lowest BCUT2D eigenvalue weighted by molar-refractivity contribution is 0.438. The van der Waals surface area contributed by atoms with Crippen LogP contribution in [0.2, 0.25) is 0 Å². The lowest BCUT2D eigenvalue weighted by Gasteiger charge is -2.08. The average molecular weight is 180 g/mol. The van der Waals surface area contributed by atoms with Gasteiger partial charge in [0.15, 0.2) is 0 Å². The van der Waals surface area contributed by atoms with Crippen LogP contribution in [0.5, 0.6) is 0 Å². The maximum atomic E-state index is 3.83. The van der Waals surface area contributed by atoms with Gasteiger partial charge in [-0.05, 0) is 42.9 Å². The molecule has 1 fully saturated rings. The molecular formula is C13H24. The Bertz CT molecular complexity index is 159. The molecule has 76 valence electrons. The van der Waals surface area contributed by atoms with Crippen LogP contribution in [-0.4, -0.2) is 0 Å². The molecule has 1 saturated carbocycles. The molecule has 1 rings (SSSR count). The first kappa shape index (κ1) is 10.8. The van der Waals surface area contributed by atoms with Crippen LogP contribution in [-0.2, 0) is 0 Å². The molecule has 0 aromatic carbocycles. The molecule has 0 heteroatoms. The fraction of sp³-hybridized carbons (Fsp3) is 0.846. The quantitative estimate of drug-likeness (QED) is 0.535. The molecule has 1 aliphatic rings. The first-order valence-corrected chi connectivity index (χ1v) is 5.81. The fourth-order valence-electron chi connectivity index (χ4n) is 2.20. The minimum atomic E-state index is 0.721. The predicted molar refractivity (Wildman–Crippen MR) is 59.6 cm³/mol. The van der Waals surface area contributed by atoms with Gasteiger partial charge in [-0.1, -0.05) is 33.3 Å². The van der Waals surface area contributed by atoms with Crippen LogP contribution in [0.15, 0.2) is 12.7 Å². The molecule has 4 atom stereocenters. The van der Waals surface area contributed by atoms with E-state index >= 15 is 0 Å². The number of rotatable bonds is 6. The SMILES string of the molecule is C=CC(C)CCC1CC1C(C)CC. The summed E-state index contributed by atoms with van der Waals surface area (Å²) in [6, 6.07) is 0. The average Bonchev–Trinajstić information content (AvgIpc) is 2.92. The zero-order chi connectivity index (χ0) is 9.84. The number of allylic oxidation sites excluding steroid dienone is 1. The Hall–Kier alpha value is -0.260. The van der Waals surface area contributed by atoms with Crippen molar-refractivity contribution >= 4 is 0 Å². The van der Waals surface area contributed by atoms with Gasteiger partial charge >= 0.3 is 0 Å².